The Hall–Kier alpha value is -2.26. The van der Waals surface area contributed by atoms with E-state index in [4.69, 9.17) is 4.18 Å². The van der Waals surface area contributed by atoms with Crippen LogP contribution in [-0.4, -0.2) is 29.4 Å². The quantitative estimate of drug-likeness (QED) is 0.440. The molecule has 0 aliphatic rings. The number of aromatic nitrogens is 2. The molecule has 0 amide bonds. The first-order chi connectivity index (χ1) is 12.5. The number of imidazole rings is 1. The Morgan fingerprint density at radius 1 is 1.11 bits per heavy atom. The van der Waals surface area contributed by atoms with Gasteiger partial charge in [0.05, 0.1) is 17.2 Å². The highest BCUT2D eigenvalue weighted by Gasteiger charge is 2.25. The van der Waals surface area contributed by atoms with Crippen LogP contribution in [-0.2, 0) is 14.3 Å². The molecule has 1 heterocycles. The minimum Gasteiger partial charge on any atom is -0.390 e. The molecule has 1 aromatic carbocycles. The Morgan fingerprint density at radius 3 is 2.11 bits per heavy atom. The van der Waals surface area contributed by atoms with E-state index in [2.05, 4.69) is 23.8 Å². The zero-order valence-electron chi connectivity index (χ0n) is 16.5. The SMILES string of the molecule is CC(C)OS(=O)(=O)c1cccc(C(C)C)c1C(C)C.O=[N+]([O-])c1ncc[nH]1. The van der Waals surface area contributed by atoms with Gasteiger partial charge in [0.15, 0.2) is 0 Å². The number of hydrogen-bond acceptors (Lipinski definition) is 6. The van der Waals surface area contributed by atoms with Crippen molar-refractivity contribution in [2.45, 2.75) is 64.4 Å². The Bertz CT molecular complexity index is 844. The van der Waals surface area contributed by atoms with Gasteiger partial charge in [-0.25, -0.2) is 4.98 Å². The van der Waals surface area contributed by atoms with Crippen molar-refractivity contribution in [3.63, 3.8) is 0 Å². The zero-order valence-corrected chi connectivity index (χ0v) is 17.3. The molecule has 0 spiro atoms. The van der Waals surface area contributed by atoms with E-state index in [-0.39, 0.29) is 23.9 Å². The minimum absolute atomic E-state index is 0.138. The second kappa shape index (κ2) is 9.61. The Labute approximate surface area is 160 Å². The molecule has 0 unspecified atom stereocenters. The van der Waals surface area contributed by atoms with E-state index in [1.165, 1.54) is 12.4 Å². The van der Waals surface area contributed by atoms with E-state index in [1.54, 1.807) is 26.0 Å². The third-order valence-electron chi connectivity index (χ3n) is 3.54. The number of aromatic amines is 1. The highest BCUT2D eigenvalue weighted by Crippen LogP contribution is 2.32. The maximum atomic E-state index is 12.3. The summed E-state index contributed by atoms with van der Waals surface area (Å²) in [6.45, 7) is 11.6. The number of nitrogens with zero attached hydrogens (tertiary/aromatic N) is 2. The average molecular weight is 397 g/mol. The van der Waals surface area contributed by atoms with Gasteiger partial charge in [-0.2, -0.15) is 8.42 Å². The first-order valence-electron chi connectivity index (χ1n) is 8.67. The molecule has 0 atom stereocenters. The van der Waals surface area contributed by atoms with E-state index in [1.807, 2.05) is 19.9 Å². The lowest BCUT2D eigenvalue weighted by Gasteiger charge is -2.20. The van der Waals surface area contributed by atoms with Crippen molar-refractivity contribution in [2.75, 3.05) is 0 Å². The summed E-state index contributed by atoms with van der Waals surface area (Å²) < 4.78 is 29.8. The van der Waals surface area contributed by atoms with Crippen molar-refractivity contribution in [1.82, 2.24) is 9.97 Å². The molecular weight excluding hydrogens is 370 g/mol. The fourth-order valence-electron chi connectivity index (χ4n) is 2.56. The molecule has 2 aromatic rings. The molecule has 1 N–H and O–H groups in total. The summed E-state index contributed by atoms with van der Waals surface area (Å²) in [7, 11) is -3.69. The van der Waals surface area contributed by atoms with Gasteiger partial charge in [0.1, 0.15) is 6.20 Å². The van der Waals surface area contributed by atoms with Crippen LogP contribution in [0.25, 0.3) is 0 Å². The van der Waals surface area contributed by atoms with Crippen molar-refractivity contribution in [3.8, 4) is 0 Å². The number of nitro groups is 1. The predicted molar refractivity (Wildman–Crippen MR) is 103 cm³/mol. The van der Waals surface area contributed by atoms with Gasteiger partial charge in [-0.05, 0) is 47.8 Å². The van der Waals surface area contributed by atoms with E-state index in [9.17, 15) is 18.5 Å². The molecule has 0 radical (unpaired) electrons. The predicted octanol–water partition coefficient (Wildman–Crippen LogP) is 4.37. The van der Waals surface area contributed by atoms with Gasteiger partial charge in [-0.1, -0.05) is 44.8 Å². The van der Waals surface area contributed by atoms with Crippen LogP contribution in [0.1, 0.15) is 64.5 Å². The highest BCUT2D eigenvalue weighted by molar-refractivity contribution is 7.86. The summed E-state index contributed by atoms with van der Waals surface area (Å²) in [5.74, 6) is 0.204. The second-order valence-corrected chi connectivity index (χ2v) is 8.38. The smallest absolute Gasteiger partial charge is 0.390 e. The van der Waals surface area contributed by atoms with Crippen LogP contribution in [0, 0.1) is 10.1 Å². The van der Waals surface area contributed by atoms with Crippen molar-refractivity contribution >= 4 is 16.1 Å². The Balaban J connectivity index is 0.000000377. The molecule has 27 heavy (non-hydrogen) atoms. The standard InChI is InChI=1S/C15H24O3S.C3H3N3O2/c1-10(2)13-8-7-9-14(15(13)11(3)4)19(16,17)18-12(5)6;7-6(8)3-4-1-2-5-3/h7-12H,1-6H3;1-2H,(H,4,5). The number of H-pyrrole nitrogens is 1. The van der Waals surface area contributed by atoms with Crippen LogP contribution in [0.2, 0.25) is 0 Å². The number of hydrogen-bond donors (Lipinski definition) is 1. The summed E-state index contributed by atoms with van der Waals surface area (Å²) in [4.78, 5) is 15.2. The van der Waals surface area contributed by atoms with E-state index >= 15 is 0 Å². The first-order valence-corrected chi connectivity index (χ1v) is 10.1. The van der Waals surface area contributed by atoms with E-state index < -0.39 is 15.0 Å². The Morgan fingerprint density at radius 2 is 1.74 bits per heavy atom. The summed E-state index contributed by atoms with van der Waals surface area (Å²) in [6, 6.07) is 5.42. The van der Waals surface area contributed by atoms with Crippen LogP contribution < -0.4 is 0 Å². The van der Waals surface area contributed by atoms with Crippen LogP contribution in [0.5, 0.6) is 0 Å². The lowest BCUT2D eigenvalue weighted by atomic mass is 9.91. The van der Waals surface area contributed by atoms with Gasteiger partial charge < -0.3 is 10.1 Å². The molecule has 150 valence electrons. The van der Waals surface area contributed by atoms with Gasteiger partial charge in [0.25, 0.3) is 10.1 Å². The van der Waals surface area contributed by atoms with Crippen LogP contribution >= 0.6 is 0 Å². The zero-order chi connectivity index (χ0) is 20.8. The topological polar surface area (TPSA) is 115 Å². The van der Waals surface area contributed by atoms with Gasteiger partial charge in [0.2, 0.25) is 0 Å². The molecule has 0 aliphatic carbocycles. The first kappa shape index (κ1) is 22.8. The molecule has 0 saturated carbocycles. The van der Waals surface area contributed by atoms with Gasteiger partial charge in [-0.15, -0.1) is 0 Å². The summed E-state index contributed by atoms with van der Waals surface area (Å²) in [5.41, 5.74) is 1.95. The third kappa shape index (κ3) is 6.44. The van der Waals surface area contributed by atoms with Crippen molar-refractivity contribution in [2.24, 2.45) is 0 Å². The molecule has 1 aromatic heterocycles. The van der Waals surface area contributed by atoms with Crippen molar-refractivity contribution in [1.29, 1.82) is 0 Å². The van der Waals surface area contributed by atoms with Gasteiger partial charge in [0, 0.05) is 0 Å². The molecule has 8 nitrogen and oxygen atoms in total. The molecule has 2 rings (SSSR count). The van der Waals surface area contributed by atoms with Crippen molar-refractivity contribution in [3.05, 3.63) is 51.8 Å². The number of benzene rings is 1. The fraction of sp³-hybridized carbons (Fsp3) is 0.500. The lowest BCUT2D eigenvalue weighted by Crippen LogP contribution is -2.16. The van der Waals surface area contributed by atoms with E-state index in [0.29, 0.717) is 4.90 Å². The highest BCUT2D eigenvalue weighted by atomic mass is 32.2. The largest absolute Gasteiger partial charge is 0.432 e. The lowest BCUT2D eigenvalue weighted by molar-refractivity contribution is -0.393. The number of nitrogens with one attached hydrogen (secondary N) is 1. The normalized spacial score (nSPS) is 11.6. The maximum absolute atomic E-state index is 12.3. The molecule has 9 heteroatoms. The summed E-state index contributed by atoms with van der Waals surface area (Å²) in [6.07, 6.45) is 2.38. The average Bonchev–Trinajstić information content (AvgIpc) is 3.08. The molecule has 0 bridgehead atoms. The summed E-state index contributed by atoms with van der Waals surface area (Å²) >= 11 is 0. The molecular formula is C18H27N3O5S. The molecule has 0 aliphatic heterocycles. The van der Waals surface area contributed by atoms with E-state index in [0.717, 1.165) is 11.1 Å². The number of rotatable bonds is 6. The maximum Gasteiger partial charge on any atom is 0.432 e. The van der Waals surface area contributed by atoms with Gasteiger partial charge in [-0.3, -0.25) is 4.18 Å². The van der Waals surface area contributed by atoms with Crippen LogP contribution in [0.4, 0.5) is 5.95 Å². The Kier molecular flexibility index (Phi) is 8.11. The molecule has 0 saturated heterocycles. The monoisotopic (exact) mass is 397 g/mol. The van der Waals surface area contributed by atoms with Crippen LogP contribution in [0.3, 0.4) is 0 Å². The summed E-state index contributed by atoms with van der Waals surface area (Å²) in [5, 5.41) is 9.77. The van der Waals surface area contributed by atoms with Crippen LogP contribution in [0.15, 0.2) is 35.5 Å². The van der Waals surface area contributed by atoms with Crippen molar-refractivity contribution < 1.29 is 17.5 Å². The fourth-order valence-corrected chi connectivity index (χ4v) is 4.04. The second-order valence-electron chi connectivity index (χ2n) is 6.84. The third-order valence-corrected chi connectivity index (χ3v) is 5.08. The van der Waals surface area contributed by atoms with Gasteiger partial charge >= 0.3 is 5.95 Å². The minimum atomic E-state index is -3.69. The molecule has 0 fully saturated rings.